The smallest absolute Gasteiger partial charge is 0.0577 e. The van der Waals surface area contributed by atoms with E-state index in [1.165, 1.54) is 0 Å². The number of rotatable bonds is 1. The van der Waals surface area contributed by atoms with E-state index in [9.17, 15) is 0 Å². The van der Waals surface area contributed by atoms with Gasteiger partial charge in [-0.25, -0.2) is 0 Å². The normalized spacial score (nSPS) is 19.0. The highest BCUT2D eigenvalue weighted by Crippen LogP contribution is 1.95. The molecule has 0 amide bonds. The summed E-state index contributed by atoms with van der Waals surface area (Å²) in [7, 11) is -0.348. The van der Waals surface area contributed by atoms with Crippen molar-refractivity contribution in [2.75, 3.05) is 12.8 Å². The summed E-state index contributed by atoms with van der Waals surface area (Å²) in [4.78, 5) is 0. The highest BCUT2D eigenvalue weighted by atomic mass is 31.1. The van der Waals surface area contributed by atoms with Gasteiger partial charge in [0.2, 0.25) is 0 Å². The zero-order valence-corrected chi connectivity index (χ0v) is 4.05. The van der Waals surface area contributed by atoms with Crippen molar-refractivity contribution < 1.29 is 0 Å². The Hall–Kier alpha value is 0.430. The Morgan fingerprint density at radius 1 is 2.25 bits per heavy atom. The molecule has 1 unspecified atom stereocenters. The second kappa shape index (κ2) is 3.43. The Bertz CT molecular complexity index is 20.9. The molecule has 4 heavy (non-hydrogen) atoms. The van der Waals surface area contributed by atoms with Crippen molar-refractivity contribution in [3.8, 4) is 0 Å². The van der Waals surface area contributed by atoms with E-state index in [1.54, 1.807) is 0 Å². The molecule has 0 spiro atoms. The fourth-order valence-electron chi connectivity index (χ4n) is 0. The Kier molecular flexibility index (Phi) is 2.28. The Morgan fingerprint density at radius 2 is 2.50 bits per heavy atom. The minimum atomic E-state index is -0.348. The van der Waals surface area contributed by atoms with Crippen LogP contribution in [-0.2, 0) is 0 Å². The van der Waals surface area contributed by atoms with Crippen LogP contribution in [0, 0.1) is 0 Å². The molecule has 0 saturated heterocycles. The maximum Gasteiger partial charge on any atom is 0.0577 e. The van der Waals surface area contributed by atoms with Crippen molar-refractivity contribution in [2.45, 2.75) is 6.92 Å². The van der Waals surface area contributed by atoms with Crippen molar-refractivity contribution in [2.24, 2.45) is 0 Å². The fourth-order valence-corrected chi connectivity index (χ4v) is 0. The molecule has 1 atom stereocenters. The summed E-state index contributed by atoms with van der Waals surface area (Å²) in [6.45, 7) is 3.99. The molecule has 0 saturated carbocycles. The highest BCUT2D eigenvalue weighted by Gasteiger charge is 1.55. The molecular formula is C3H9P. The first-order valence-corrected chi connectivity index (χ1v) is 3.00. The van der Waals surface area contributed by atoms with Crippen LogP contribution in [0.5, 0.6) is 0 Å². The van der Waals surface area contributed by atoms with E-state index in [0.29, 0.717) is 0 Å². The van der Waals surface area contributed by atoms with E-state index >= 15 is 0 Å². The number of hydrogen-bond donors (Lipinski definition) is 0. The Balaban J connectivity index is 2.54. The molecule has 0 aliphatic heterocycles. The van der Waals surface area contributed by atoms with Crippen LogP contribution in [0.2, 0.25) is 0 Å². The van der Waals surface area contributed by atoms with Crippen molar-refractivity contribution in [3.63, 3.8) is 0 Å². The van der Waals surface area contributed by atoms with Crippen LogP contribution in [0.1, 0.15) is 6.92 Å². The number of hydrogen-bond acceptors (Lipinski definition) is 0. The van der Waals surface area contributed by atoms with Gasteiger partial charge in [0.1, 0.15) is 0 Å². The van der Waals surface area contributed by atoms with Crippen molar-refractivity contribution in [1.82, 2.24) is 0 Å². The molecule has 0 radical (unpaired) electrons. The largest absolute Gasteiger partial charge is 0.126 e. The van der Waals surface area contributed by atoms with Crippen LogP contribution >= 0.6 is 8.53 Å². The molecule has 0 aromatic heterocycles. The van der Waals surface area contributed by atoms with E-state index in [1.807, 2.05) is 13.6 Å². The van der Waals surface area contributed by atoms with Crippen LogP contribution in [-0.4, -0.2) is 14.1 Å². The average Bonchev–Trinajstić information content (AvgIpc) is 1.38. The molecular weight excluding hydrogens is 67.0 g/mol. The van der Waals surface area contributed by atoms with Crippen molar-refractivity contribution in [1.29, 1.82) is 1.28 Å². The van der Waals surface area contributed by atoms with E-state index in [-0.39, 0.29) is 8.53 Å². The minimum absolute atomic E-state index is 0.348. The summed E-state index contributed by atoms with van der Waals surface area (Å²) in [5.74, 6) is 0. The fraction of sp³-hybridized carbons (Fsp3) is 1.00. The van der Waals surface area contributed by atoms with Gasteiger partial charge in [0.05, 0.1) is 1.28 Å². The van der Waals surface area contributed by atoms with Gasteiger partial charge in [-0.3, -0.25) is 0 Å². The van der Waals surface area contributed by atoms with Crippen LogP contribution in [0.3, 0.4) is 0 Å². The predicted octanol–water partition coefficient (Wildman–Crippen LogP) is 1.31. The van der Waals surface area contributed by atoms with Crippen molar-refractivity contribution in [3.05, 3.63) is 0 Å². The van der Waals surface area contributed by atoms with Gasteiger partial charge in [0.25, 0.3) is 0 Å². The molecule has 1 heteroatoms. The molecule has 0 aromatic carbocycles. The second-order valence-electron chi connectivity index (χ2n) is 0.632. The summed E-state index contributed by atoms with van der Waals surface area (Å²) in [6.07, 6.45) is 1.04. The lowest BCUT2D eigenvalue weighted by atomic mass is 11.0. The maximum atomic E-state index is 6.89. The third-order valence-corrected chi connectivity index (χ3v) is 0.949. The predicted molar refractivity (Wildman–Crippen MR) is 24.8 cm³/mol. The van der Waals surface area contributed by atoms with Crippen LogP contribution in [0.4, 0.5) is 0 Å². The van der Waals surface area contributed by atoms with Gasteiger partial charge in [0, 0.05) is 0 Å². The van der Waals surface area contributed by atoms with E-state index in [0.717, 1.165) is 6.16 Å². The second-order valence-corrected chi connectivity index (χ2v) is 1.90. The monoisotopic (exact) mass is 78.1 g/mol. The lowest BCUT2D eigenvalue weighted by molar-refractivity contribution is 1.52. The Labute approximate surface area is 30.7 Å². The maximum absolute atomic E-state index is 6.89. The third-order valence-electron chi connectivity index (χ3n) is 0.316. The third kappa shape index (κ3) is 2.43. The molecule has 0 aliphatic carbocycles. The van der Waals surface area contributed by atoms with Crippen molar-refractivity contribution >= 4 is 8.53 Å². The lowest BCUT2D eigenvalue weighted by Crippen LogP contribution is -1.47. The van der Waals surface area contributed by atoms with Gasteiger partial charge in [-0.2, -0.15) is 0 Å². The lowest BCUT2D eigenvalue weighted by Gasteiger charge is -1.69. The van der Waals surface area contributed by atoms with Gasteiger partial charge < -0.3 is 0 Å². The SMILES string of the molecule is [3H]P(C)CC. The summed E-state index contributed by atoms with van der Waals surface area (Å²) in [6, 6.07) is 0. The zero-order chi connectivity index (χ0) is 4.28. The van der Waals surface area contributed by atoms with Gasteiger partial charge in [-0.1, -0.05) is 6.92 Å². The molecule has 0 nitrogen and oxygen atoms in total. The zero-order valence-electron chi connectivity index (χ0n) is 4.15. The average molecular weight is 78.1 g/mol. The Morgan fingerprint density at radius 3 is 2.50 bits per heavy atom. The minimum Gasteiger partial charge on any atom is -0.126 e. The molecule has 0 fully saturated rings. The topological polar surface area (TPSA) is 0 Å². The summed E-state index contributed by atoms with van der Waals surface area (Å²) >= 11 is 0. The van der Waals surface area contributed by atoms with Gasteiger partial charge in [-0.15, -0.1) is 8.53 Å². The van der Waals surface area contributed by atoms with E-state index in [2.05, 4.69) is 0 Å². The molecule has 0 rings (SSSR count). The van der Waals surface area contributed by atoms with Gasteiger partial charge in [-0.05, 0) is 12.8 Å². The van der Waals surface area contributed by atoms with Gasteiger partial charge in [0.15, 0.2) is 0 Å². The molecule has 0 bridgehead atoms. The first kappa shape index (κ1) is 2.66. The first-order chi connectivity index (χ1) is 2.27. The van der Waals surface area contributed by atoms with E-state index in [4.69, 9.17) is 1.28 Å². The first-order valence-electron chi connectivity index (χ1n) is 1.92. The highest BCUT2D eigenvalue weighted by molar-refractivity contribution is 7.36. The van der Waals surface area contributed by atoms with Crippen LogP contribution < -0.4 is 0 Å². The quantitative estimate of drug-likeness (QED) is 0.415. The molecule has 0 heterocycles. The standard InChI is InChI=1S/C3H9P/c1-3-4-2/h4H,3H2,1-2H3/i4T. The van der Waals surface area contributed by atoms with Gasteiger partial charge >= 0.3 is 0 Å². The van der Waals surface area contributed by atoms with Crippen LogP contribution in [0.25, 0.3) is 0 Å². The summed E-state index contributed by atoms with van der Waals surface area (Å²) in [5, 5.41) is 0. The summed E-state index contributed by atoms with van der Waals surface area (Å²) < 4.78 is 6.89. The molecule has 0 aliphatic rings. The molecule has 0 N–H and O–H groups in total. The molecule has 0 aromatic rings. The summed E-state index contributed by atoms with van der Waals surface area (Å²) in [5.41, 5.74) is 0. The molecule has 26 valence electrons. The van der Waals surface area contributed by atoms with Crippen LogP contribution in [0.15, 0.2) is 0 Å². The van der Waals surface area contributed by atoms with E-state index < -0.39 is 0 Å².